The van der Waals surface area contributed by atoms with Crippen molar-refractivity contribution in [2.75, 3.05) is 0 Å². The van der Waals surface area contributed by atoms with Crippen LogP contribution in [-0.4, -0.2) is 5.79 Å². The van der Waals surface area contributed by atoms with E-state index in [9.17, 15) is 0 Å². The topological polar surface area (TPSA) is 74.8 Å². The van der Waals surface area contributed by atoms with Gasteiger partial charge in [-0.05, 0) is 6.92 Å². The largest absolute Gasteiger partial charge is 0.292 e. The summed E-state index contributed by atoms with van der Waals surface area (Å²) in [6, 6.07) is 0. The molecule has 40 valence electrons. The molecule has 1 rings (SSSR count). The molecule has 0 saturated carbocycles. The van der Waals surface area contributed by atoms with Crippen LogP contribution in [0.4, 0.5) is 0 Å². The molecule has 5 nitrogen and oxygen atoms in total. The molecule has 0 spiro atoms. The van der Waals surface area contributed by atoms with Crippen LogP contribution < -0.4 is 16.7 Å². The number of hydrogen-bond acceptors (Lipinski definition) is 5. The van der Waals surface area contributed by atoms with Crippen molar-refractivity contribution in [3.8, 4) is 0 Å². The van der Waals surface area contributed by atoms with E-state index >= 15 is 0 Å². The summed E-state index contributed by atoms with van der Waals surface area (Å²) >= 11 is 0. The first-order valence-electron chi connectivity index (χ1n) is 1.94. The molecule has 7 heavy (non-hydrogen) atoms. The Morgan fingerprint density at radius 2 is 2.43 bits per heavy atom. The lowest BCUT2D eigenvalue weighted by Gasteiger charge is -2.08. The fourth-order valence-corrected chi connectivity index (χ4v) is 0.292. The summed E-state index contributed by atoms with van der Waals surface area (Å²) in [6.07, 6.45) is 0. The Balaban J connectivity index is 2.57. The molecule has 1 atom stereocenters. The molecule has 0 aromatic heterocycles. The number of nitrogens with one attached hydrogen (secondary N) is 2. The minimum absolute atomic E-state index is 0.708. The van der Waals surface area contributed by atoms with Crippen LogP contribution in [0.25, 0.3) is 0 Å². The number of nitrogens with two attached hydrogens (primary N) is 1. The summed E-state index contributed by atoms with van der Waals surface area (Å²) in [5.74, 6) is -0.708. The van der Waals surface area contributed by atoms with Crippen LogP contribution in [0.2, 0.25) is 0 Å². The number of hydrogen-bond donors (Lipinski definition) is 3. The van der Waals surface area contributed by atoms with Crippen LogP contribution in [-0.2, 0) is 0 Å². The van der Waals surface area contributed by atoms with Crippen molar-refractivity contribution in [3.63, 3.8) is 0 Å². The van der Waals surface area contributed by atoms with Crippen LogP contribution in [0, 0.1) is 0 Å². The lowest BCUT2D eigenvalue weighted by atomic mass is 10.5. The Morgan fingerprint density at radius 1 is 1.71 bits per heavy atom. The lowest BCUT2D eigenvalue weighted by Crippen LogP contribution is -2.49. The maximum atomic E-state index is 5.34. The zero-order valence-corrected chi connectivity index (χ0v) is 3.97. The molecule has 1 unspecified atom stereocenters. The Labute approximate surface area is 40.9 Å². The van der Waals surface area contributed by atoms with Gasteiger partial charge in [0.1, 0.15) is 0 Å². The zero-order chi connectivity index (χ0) is 5.33. The molecule has 0 bridgehead atoms. The van der Waals surface area contributed by atoms with Crippen molar-refractivity contribution < 1.29 is 0 Å². The highest BCUT2D eigenvalue weighted by molar-refractivity contribution is 4.69. The van der Waals surface area contributed by atoms with Crippen molar-refractivity contribution in [1.29, 1.82) is 0 Å². The van der Waals surface area contributed by atoms with Crippen molar-refractivity contribution in [2.45, 2.75) is 12.7 Å². The summed E-state index contributed by atoms with van der Waals surface area (Å²) in [5, 5.41) is 6.92. The molecule has 1 aliphatic heterocycles. The van der Waals surface area contributed by atoms with Crippen LogP contribution in [0.15, 0.2) is 10.3 Å². The number of nitrogens with zero attached hydrogens (tertiary/aromatic N) is 2. The first kappa shape index (κ1) is 4.48. The standard InChI is InChI=1S/C2H7N5/c1-2(3)4-6-7-5-2/h3H2,1H3,(H,4,7)(H,5,6). The van der Waals surface area contributed by atoms with E-state index in [1.165, 1.54) is 0 Å². The van der Waals surface area contributed by atoms with E-state index in [1.807, 2.05) is 0 Å². The summed E-state index contributed by atoms with van der Waals surface area (Å²) in [6.45, 7) is 1.70. The van der Waals surface area contributed by atoms with E-state index in [0.717, 1.165) is 0 Å². The molecular weight excluding hydrogens is 94.1 g/mol. The predicted octanol–water partition coefficient (Wildman–Crippen LogP) is -0.906. The van der Waals surface area contributed by atoms with Gasteiger partial charge in [-0.1, -0.05) is 5.22 Å². The van der Waals surface area contributed by atoms with E-state index < -0.39 is 5.79 Å². The summed E-state index contributed by atoms with van der Waals surface area (Å²) in [4.78, 5) is 0. The van der Waals surface area contributed by atoms with Gasteiger partial charge in [0.15, 0.2) is 5.79 Å². The number of hydrazine groups is 1. The van der Waals surface area contributed by atoms with Crippen molar-refractivity contribution >= 4 is 0 Å². The quantitative estimate of drug-likeness (QED) is 0.370. The third-order valence-corrected chi connectivity index (χ3v) is 0.617. The molecule has 0 amide bonds. The highest BCUT2D eigenvalue weighted by Gasteiger charge is 2.19. The molecule has 5 heteroatoms. The van der Waals surface area contributed by atoms with E-state index in [0.29, 0.717) is 0 Å². The molecule has 0 fully saturated rings. The van der Waals surface area contributed by atoms with Gasteiger partial charge in [0.2, 0.25) is 0 Å². The highest BCUT2D eigenvalue weighted by atomic mass is 15.7. The van der Waals surface area contributed by atoms with Crippen molar-refractivity contribution in [1.82, 2.24) is 11.0 Å². The molecular formula is C2H7N5. The van der Waals surface area contributed by atoms with E-state index in [2.05, 4.69) is 21.3 Å². The second-order valence-electron chi connectivity index (χ2n) is 1.58. The van der Waals surface area contributed by atoms with Crippen LogP contribution in [0.1, 0.15) is 6.92 Å². The SMILES string of the molecule is CC1(N)N=NNN1. The molecule has 4 N–H and O–H groups in total. The van der Waals surface area contributed by atoms with Gasteiger partial charge in [0, 0.05) is 0 Å². The minimum atomic E-state index is -0.708. The van der Waals surface area contributed by atoms with Gasteiger partial charge in [-0.3, -0.25) is 5.73 Å². The Kier molecular flexibility index (Phi) is 0.731. The molecule has 1 heterocycles. The monoisotopic (exact) mass is 101 g/mol. The van der Waals surface area contributed by atoms with Gasteiger partial charge >= 0.3 is 0 Å². The fraction of sp³-hybridized carbons (Fsp3) is 1.00. The third-order valence-electron chi connectivity index (χ3n) is 0.617. The smallest absolute Gasteiger partial charge is 0.199 e. The fourth-order valence-electron chi connectivity index (χ4n) is 0.292. The minimum Gasteiger partial charge on any atom is -0.292 e. The van der Waals surface area contributed by atoms with Gasteiger partial charge in [-0.15, -0.1) is 5.11 Å². The lowest BCUT2D eigenvalue weighted by molar-refractivity contribution is 0.396. The van der Waals surface area contributed by atoms with Crippen LogP contribution in [0.3, 0.4) is 0 Å². The molecule has 0 aliphatic carbocycles. The first-order valence-corrected chi connectivity index (χ1v) is 1.94. The van der Waals surface area contributed by atoms with E-state index in [4.69, 9.17) is 5.73 Å². The van der Waals surface area contributed by atoms with Crippen molar-refractivity contribution in [2.24, 2.45) is 16.1 Å². The van der Waals surface area contributed by atoms with Gasteiger partial charge in [-0.2, -0.15) is 5.43 Å². The summed E-state index contributed by atoms with van der Waals surface area (Å²) in [5.41, 5.74) is 10.3. The van der Waals surface area contributed by atoms with Gasteiger partial charge in [0.05, 0.1) is 0 Å². The normalized spacial score (nSPS) is 38.6. The molecule has 0 radical (unpaired) electrons. The van der Waals surface area contributed by atoms with Gasteiger partial charge < -0.3 is 0 Å². The van der Waals surface area contributed by atoms with Gasteiger partial charge in [0.25, 0.3) is 0 Å². The van der Waals surface area contributed by atoms with Gasteiger partial charge in [-0.25, -0.2) is 5.53 Å². The van der Waals surface area contributed by atoms with Crippen molar-refractivity contribution in [3.05, 3.63) is 0 Å². The summed E-state index contributed by atoms with van der Waals surface area (Å²) in [7, 11) is 0. The third kappa shape index (κ3) is 0.847. The first-order chi connectivity index (χ1) is 3.21. The maximum Gasteiger partial charge on any atom is 0.199 e. The Bertz CT molecular complexity index is 94.3. The van der Waals surface area contributed by atoms with Crippen LogP contribution >= 0.6 is 0 Å². The average Bonchev–Trinajstić information content (AvgIpc) is 1.84. The zero-order valence-electron chi connectivity index (χ0n) is 3.97. The summed E-state index contributed by atoms with van der Waals surface area (Å²) < 4.78 is 0. The predicted molar refractivity (Wildman–Crippen MR) is 23.7 cm³/mol. The average molecular weight is 101 g/mol. The van der Waals surface area contributed by atoms with E-state index in [-0.39, 0.29) is 0 Å². The molecule has 0 saturated heterocycles. The molecule has 1 aliphatic rings. The number of rotatable bonds is 0. The Morgan fingerprint density at radius 3 is 2.57 bits per heavy atom. The second kappa shape index (κ2) is 1.14. The molecule has 0 aromatic rings. The maximum absolute atomic E-state index is 5.34. The Hall–Kier alpha value is -0.680. The van der Waals surface area contributed by atoms with E-state index in [1.54, 1.807) is 6.92 Å². The van der Waals surface area contributed by atoms with Crippen LogP contribution in [0.5, 0.6) is 0 Å². The highest BCUT2D eigenvalue weighted by Crippen LogP contribution is 1.97. The second-order valence-corrected chi connectivity index (χ2v) is 1.58. The molecule has 0 aromatic carbocycles.